The first-order chi connectivity index (χ1) is 10.2. The van der Waals surface area contributed by atoms with E-state index in [0.717, 1.165) is 48.9 Å². The van der Waals surface area contributed by atoms with Crippen LogP contribution in [0.1, 0.15) is 32.3 Å². The lowest BCUT2D eigenvalue weighted by atomic mass is 10.1. The fourth-order valence-corrected chi connectivity index (χ4v) is 2.70. The van der Waals surface area contributed by atoms with Crippen LogP contribution in [0.2, 0.25) is 5.15 Å². The zero-order valence-corrected chi connectivity index (χ0v) is 13.2. The third-order valence-electron chi connectivity index (χ3n) is 3.40. The number of hydrogen-bond acceptors (Lipinski definition) is 4. The van der Waals surface area contributed by atoms with Gasteiger partial charge in [-0.05, 0) is 55.4 Å². The summed E-state index contributed by atoms with van der Waals surface area (Å²) in [5, 5.41) is 4.41. The summed E-state index contributed by atoms with van der Waals surface area (Å²) < 4.78 is 0. The molecule has 0 aliphatic rings. The number of aromatic nitrogens is 1. The first-order valence-electron chi connectivity index (χ1n) is 7.32. The van der Waals surface area contributed by atoms with E-state index < -0.39 is 0 Å². The number of fused-ring (bicyclic) bond motifs is 1. The second-order valence-corrected chi connectivity index (χ2v) is 5.54. The molecule has 0 aliphatic carbocycles. The van der Waals surface area contributed by atoms with Gasteiger partial charge in [0, 0.05) is 17.5 Å². The third-order valence-corrected chi connectivity index (χ3v) is 3.73. The molecule has 21 heavy (non-hydrogen) atoms. The minimum atomic E-state index is 0.413. The van der Waals surface area contributed by atoms with Gasteiger partial charge in [-0.2, -0.15) is 0 Å². The van der Waals surface area contributed by atoms with Crippen molar-refractivity contribution < 1.29 is 0 Å². The first-order valence-corrected chi connectivity index (χ1v) is 7.70. The molecule has 1 aromatic heterocycles. The molecule has 112 valence electrons. The predicted octanol–water partition coefficient (Wildman–Crippen LogP) is 4.91. The smallest absolute Gasteiger partial charge is 0.134 e. The van der Waals surface area contributed by atoms with Crippen LogP contribution >= 0.6 is 11.6 Å². The number of pyridine rings is 1. The van der Waals surface area contributed by atoms with Crippen molar-refractivity contribution in [2.75, 3.05) is 13.1 Å². The van der Waals surface area contributed by atoms with Gasteiger partial charge in [-0.15, -0.1) is 4.91 Å². The Labute approximate surface area is 130 Å². The minimum absolute atomic E-state index is 0.413. The largest absolute Gasteiger partial charge is 0.299 e. The maximum absolute atomic E-state index is 10.6. The second-order valence-electron chi connectivity index (χ2n) is 5.18. The molecule has 0 aliphatic heterocycles. The Balaban J connectivity index is 2.33. The van der Waals surface area contributed by atoms with Gasteiger partial charge in [0.2, 0.25) is 0 Å². The van der Waals surface area contributed by atoms with Crippen molar-refractivity contribution in [3.05, 3.63) is 39.9 Å². The van der Waals surface area contributed by atoms with Gasteiger partial charge >= 0.3 is 0 Å². The Morgan fingerprint density at radius 3 is 2.52 bits per heavy atom. The van der Waals surface area contributed by atoms with Crippen molar-refractivity contribution in [1.29, 1.82) is 0 Å². The monoisotopic (exact) mass is 305 g/mol. The van der Waals surface area contributed by atoms with Crippen LogP contribution in [0.15, 0.2) is 29.4 Å². The first kappa shape index (κ1) is 15.9. The lowest BCUT2D eigenvalue weighted by Gasteiger charge is -2.21. The quantitative estimate of drug-likeness (QED) is 0.539. The van der Waals surface area contributed by atoms with E-state index in [1.807, 2.05) is 6.07 Å². The van der Waals surface area contributed by atoms with Crippen LogP contribution in [0, 0.1) is 4.91 Å². The number of halogens is 1. The van der Waals surface area contributed by atoms with Gasteiger partial charge in [0.25, 0.3) is 0 Å². The summed E-state index contributed by atoms with van der Waals surface area (Å²) in [5.74, 6) is 0. The van der Waals surface area contributed by atoms with Crippen molar-refractivity contribution in [2.45, 2.75) is 33.2 Å². The molecular formula is C16H20ClN3O. The van der Waals surface area contributed by atoms with E-state index in [0.29, 0.717) is 10.8 Å². The van der Waals surface area contributed by atoms with E-state index in [2.05, 4.69) is 28.9 Å². The zero-order chi connectivity index (χ0) is 15.2. The summed E-state index contributed by atoms with van der Waals surface area (Å²) in [6.07, 6.45) is 2.22. The van der Waals surface area contributed by atoms with E-state index in [1.165, 1.54) is 0 Å². The van der Waals surface area contributed by atoms with E-state index in [1.54, 1.807) is 18.2 Å². The normalized spacial score (nSPS) is 11.2. The molecular weight excluding hydrogens is 286 g/mol. The highest BCUT2D eigenvalue weighted by molar-refractivity contribution is 6.30. The summed E-state index contributed by atoms with van der Waals surface area (Å²) in [4.78, 5) is 17.4. The van der Waals surface area contributed by atoms with Crippen molar-refractivity contribution in [3.63, 3.8) is 0 Å². The Kier molecular flexibility index (Phi) is 5.65. The number of nitrogens with zero attached hydrogens (tertiary/aromatic N) is 3. The number of hydrogen-bond donors (Lipinski definition) is 0. The van der Waals surface area contributed by atoms with E-state index in [9.17, 15) is 4.91 Å². The molecule has 0 N–H and O–H groups in total. The standard InChI is InChI=1S/C16H20ClN3O/c1-3-7-20(8-4-2)11-13-9-12-10-14(19-21)5-6-15(12)18-16(13)17/h5-6,9-10H,3-4,7-8,11H2,1-2H3. The summed E-state index contributed by atoms with van der Waals surface area (Å²) in [6, 6.07) is 7.19. The molecule has 5 heteroatoms. The van der Waals surface area contributed by atoms with Gasteiger partial charge in [0.05, 0.1) is 5.52 Å². The van der Waals surface area contributed by atoms with E-state index >= 15 is 0 Å². The highest BCUT2D eigenvalue weighted by Gasteiger charge is 2.10. The maximum atomic E-state index is 10.6. The van der Waals surface area contributed by atoms with Crippen molar-refractivity contribution >= 4 is 28.2 Å². The fraction of sp³-hybridized carbons (Fsp3) is 0.438. The molecule has 1 aromatic carbocycles. The molecule has 2 rings (SSSR count). The van der Waals surface area contributed by atoms with Gasteiger partial charge in [-0.1, -0.05) is 25.4 Å². The SMILES string of the molecule is CCCN(CCC)Cc1cc2cc(N=O)ccc2nc1Cl. The molecule has 0 saturated heterocycles. The minimum Gasteiger partial charge on any atom is -0.299 e. The summed E-state index contributed by atoms with van der Waals surface area (Å²) in [6.45, 7) is 7.20. The van der Waals surface area contributed by atoms with E-state index in [4.69, 9.17) is 11.6 Å². The topological polar surface area (TPSA) is 45.6 Å². The fourth-order valence-electron chi connectivity index (χ4n) is 2.50. The zero-order valence-electron chi connectivity index (χ0n) is 12.5. The molecule has 0 atom stereocenters. The molecule has 0 radical (unpaired) electrons. The van der Waals surface area contributed by atoms with Gasteiger partial charge in [-0.25, -0.2) is 4.98 Å². The molecule has 0 unspecified atom stereocenters. The van der Waals surface area contributed by atoms with Gasteiger partial charge < -0.3 is 0 Å². The maximum Gasteiger partial charge on any atom is 0.134 e. The summed E-state index contributed by atoms with van der Waals surface area (Å²) >= 11 is 6.30. The van der Waals surface area contributed by atoms with Crippen LogP contribution in [0.5, 0.6) is 0 Å². The lowest BCUT2D eigenvalue weighted by molar-refractivity contribution is 0.266. The van der Waals surface area contributed by atoms with Crippen LogP contribution in [-0.4, -0.2) is 23.0 Å². The van der Waals surface area contributed by atoms with Gasteiger partial charge in [0.15, 0.2) is 0 Å². The molecule has 0 saturated carbocycles. The van der Waals surface area contributed by atoms with Crippen LogP contribution in [0.3, 0.4) is 0 Å². The highest BCUT2D eigenvalue weighted by atomic mass is 35.5. The van der Waals surface area contributed by atoms with Crippen molar-refractivity contribution in [2.24, 2.45) is 5.18 Å². The Bertz CT molecular complexity index is 624. The van der Waals surface area contributed by atoms with Crippen molar-refractivity contribution in [3.8, 4) is 0 Å². The lowest BCUT2D eigenvalue weighted by Crippen LogP contribution is -2.25. The third kappa shape index (κ3) is 3.99. The van der Waals surface area contributed by atoms with Crippen LogP contribution in [-0.2, 0) is 6.54 Å². The number of rotatable bonds is 7. The van der Waals surface area contributed by atoms with E-state index in [-0.39, 0.29) is 0 Å². The van der Waals surface area contributed by atoms with Gasteiger partial charge in [-0.3, -0.25) is 4.90 Å². The van der Waals surface area contributed by atoms with Crippen molar-refractivity contribution in [1.82, 2.24) is 9.88 Å². The van der Waals surface area contributed by atoms with Gasteiger partial charge in [0.1, 0.15) is 10.8 Å². The molecule has 0 bridgehead atoms. The Morgan fingerprint density at radius 2 is 1.90 bits per heavy atom. The highest BCUT2D eigenvalue weighted by Crippen LogP contribution is 2.25. The second kappa shape index (κ2) is 7.48. The van der Waals surface area contributed by atoms with Crippen LogP contribution in [0.4, 0.5) is 5.69 Å². The van der Waals surface area contributed by atoms with Crippen LogP contribution < -0.4 is 0 Å². The average Bonchev–Trinajstić information content (AvgIpc) is 2.48. The Hall–Kier alpha value is -1.52. The number of nitroso groups, excluding NO2 is 1. The molecule has 4 nitrogen and oxygen atoms in total. The average molecular weight is 306 g/mol. The summed E-state index contributed by atoms with van der Waals surface area (Å²) in [7, 11) is 0. The molecule has 0 fully saturated rings. The number of benzene rings is 1. The molecule has 0 spiro atoms. The molecule has 2 aromatic rings. The van der Waals surface area contributed by atoms with Crippen LogP contribution in [0.25, 0.3) is 10.9 Å². The summed E-state index contributed by atoms with van der Waals surface area (Å²) in [5.41, 5.74) is 2.19. The Morgan fingerprint density at radius 1 is 1.19 bits per heavy atom. The predicted molar refractivity (Wildman–Crippen MR) is 88.1 cm³/mol. The molecule has 1 heterocycles. The molecule has 0 amide bonds.